The predicted molar refractivity (Wildman–Crippen MR) is 136 cm³/mol. The molecule has 4 rings (SSSR count). The summed E-state index contributed by atoms with van der Waals surface area (Å²) in [4.78, 5) is 31.3. The van der Waals surface area contributed by atoms with E-state index in [0.717, 1.165) is 42.6 Å². The molecule has 0 saturated heterocycles. The highest BCUT2D eigenvalue weighted by atomic mass is 16.5. The first-order chi connectivity index (χ1) is 16.9. The van der Waals surface area contributed by atoms with E-state index in [0.29, 0.717) is 23.2 Å². The van der Waals surface area contributed by atoms with E-state index in [9.17, 15) is 9.59 Å². The second kappa shape index (κ2) is 10.5. The van der Waals surface area contributed by atoms with E-state index in [1.54, 1.807) is 23.9 Å². The van der Waals surface area contributed by atoms with E-state index in [1.165, 1.54) is 10.5 Å². The van der Waals surface area contributed by atoms with Crippen LogP contribution in [0.4, 0.5) is 0 Å². The van der Waals surface area contributed by atoms with Crippen molar-refractivity contribution >= 4 is 22.6 Å². The molecule has 3 aromatic heterocycles. The van der Waals surface area contributed by atoms with Crippen LogP contribution in [0, 0.1) is 12.3 Å². The Bertz CT molecular complexity index is 1490. The maximum atomic E-state index is 13.4. The maximum Gasteiger partial charge on any atom is 0.267 e. The second-order valence-corrected chi connectivity index (χ2v) is 8.70. The first-order valence-corrected chi connectivity index (χ1v) is 12.0. The number of carbonyl (C=O) groups excluding carboxylic acids is 1. The van der Waals surface area contributed by atoms with Crippen molar-refractivity contribution in [1.82, 2.24) is 19.3 Å². The van der Waals surface area contributed by atoms with Gasteiger partial charge in [0.2, 0.25) is 0 Å². The van der Waals surface area contributed by atoms with Gasteiger partial charge in [0.1, 0.15) is 22.5 Å². The average Bonchev–Trinajstić information content (AvgIpc) is 2.86. The lowest BCUT2D eigenvalue weighted by Crippen LogP contribution is -2.35. The van der Waals surface area contributed by atoms with Crippen molar-refractivity contribution in [3.63, 3.8) is 0 Å². The van der Waals surface area contributed by atoms with E-state index >= 15 is 0 Å². The number of pyridine rings is 2. The van der Waals surface area contributed by atoms with Crippen LogP contribution < -0.4 is 21.1 Å². The van der Waals surface area contributed by atoms with Gasteiger partial charge in [-0.2, -0.15) is 0 Å². The molecule has 0 spiro atoms. The molecule has 3 heterocycles. The van der Waals surface area contributed by atoms with Gasteiger partial charge in [0.05, 0.1) is 24.6 Å². The average molecular weight is 474 g/mol. The lowest BCUT2D eigenvalue weighted by atomic mass is 10.1. The predicted octanol–water partition coefficient (Wildman–Crippen LogP) is 3.80. The molecule has 0 aliphatic carbocycles. The molecule has 4 aromatic rings. The molecule has 8 heteroatoms. The Labute approximate surface area is 203 Å². The normalized spacial score (nSPS) is 11.2. The third-order valence-electron chi connectivity index (χ3n) is 6.19. The van der Waals surface area contributed by atoms with Crippen LogP contribution in [0.3, 0.4) is 0 Å². The molecule has 0 unspecified atom stereocenters. The highest BCUT2D eigenvalue weighted by molar-refractivity contribution is 5.96. The van der Waals surface area contributed by atoms with Gasteiger partial charge in [-0.05, 0) is 48.7 Å². The minimum atomic E-state index is -0.356. The van der Waals surface area contributed by atoms with E-state index in [1.807, 2.05) is 37.3 Å². The molecule has 35 heavy (non-hydrogen) atoms. The molecule has 0 saturated carbocycles. The summed E-state index contributed by atoms with van der Waals surface area (Å²) in [5, 5.41) is 12.1. The Morgan fingerprint density at radius 1 is 1.11 bits per heavy atom. The van der Waals surface area contributed by atoms with Crippen molar-refractivity contribution in [2.45, 2.75) is 46.1 Å². The zero-order valence-corrected chi connectivity index (χ0v) is 20.4. The van der Waals surface area contributed by atoms with Gasteiger partial charge in [-0.1, -0.05) is 44.4 Å². The molecule has 182 valence electrons. The number of aryl methyl sites for hydroxylation is 1. The van der Waals surface area contributed by atoms with Gasteiger partial charge in [-0.25, -0.2) is 4.98 Å². The summed E-state index contributed by atoms with van der Waals surface area (Å²) in [6, 6.07) is 12.7. The number of hydrogen-bond donors (Lipinski definition) is 2. The van der Waals surface area contributed by atoms with Gasteiger partial charge in [-0.3, -0.25) is 19.4 Å². The van der Waals surface area contributed by atoms with Gasteiger partial charge in [0.25, 0.3) is 11.5 Å². The van der Waals surface area contributed by atoms with Crippen LogP contribution in [0.25, 0.3) is 16.7 Å². The van der Waals surface area contributed by atoms with Crippen molar-refractivity contribution in [2.75, 3.05) is 13.7 Å². The molecule has 0 fully saturated rings. The fourth-order valence-corrected chi connectivity index (χ4v) is 4.19. The van der Waals surface area contributed by atoms with Gasteiger partial charge in [0, 0.05) is 12.7 Å². The number of unbranched alkanes of at least 4 members (excludes halogenated alkanes) is 3. The minimum Gasteiger partial charge on any atom is -0.497 e. The summed E-state index contributed by atoms with van der Waals surface area (Å²) in [6.45, 7) is 4.84. The third-order valence-corrected chi connectivity index (χ3v) is 6.19. The van der Waals surface area contributed by atoms with Crippen molar-refractivity contribution in [3.05, 3.63) is 81.2 Å². The summed E-state index contributed by atoms with van der Waals surface area (Å²) in [6.07, 6.45) is 5.82. The Morgan fingerprint density at radius 3 is 2.60 bits per heavy atom. The number of carbonyl (C=O) groups is 1. The lowest BCUT2D eigenvalue weighted by Gasteiger charge is -2.15. The lowest BCUT2D eigenvalue weighted by molar-refractivity contribution is 0.0950. The third kappa shape index (κ3) is 4.96. The summed E-state index contributed by atoms with van der Waals surface area (Å²) < 4.78 is 8.38. The van der Waals surface area contributed by atoms with Crippen LogP contribution >= 0.6 is 0 Å². The number of amides is 1. The SMILES string of the molecule is CCCCCCNC(=O)c1cc2c(=O)n3cccc(C)c3nc2n(Cc2ccc(OC)cc2)c1=N. The van der Waals surface area contributed by atoms with Crippen LogP contribution in [-0.2, 0) is 6.54 Å². The van der Waals surface area contributed by atoms with Crippen LogP contribution in [0.1, 0.15) is 54.1 Å². The summed E-state index contributed by atoms with van der Waals surface area (Å²) >= 11 is 0. The van der Waals surface area contributed by atoms with E-state index in [-0.39, 0.29) is 29.1 Å². The van der Waals surface area contributed by atoms with Crippen LogP contribution in [-0.4, -0.2) is 33.5 Å². The minimum absolute atomic E-state index is 0.0178. The maximum absolute atomic E-state index is 13.4. The monoisotopic (exact) mass is 473 g/mol. The molecular formula is C27H31N5O3. The summed E-state index contributed by atoms with van der Waals surface area (Å²) in [5.74, 6) is 0.370. The first-order valence-electron chi connectivity index (χ1n) is 12.0. The smallest absolute Gasteiger partial charge is 0.267 e. The number of nitrogens with zero attached hydrogens (tertiary/aromatic N) is 3. The van der Waals surface area contributed by atoms with Crippen LogP contribution in [0.2, 0.25) is 0 Å². The number of nitrogens with one attached hydrogen (secondary N) is 2. The van der Waals surface area contributed by atoms with Gasteiger partial charge >= 0.3 is 0 Å². The van der Waals surface area contributed by atoms with Gasteiger partial charge in [-0.15, -0.1) is 0 Å². The van der Waals surface area contributed by atoms with Gasteiger partial charge in [0.15, 0.2) is 0 Å². The number of methoxy groups -OCH3 is 1. The summed E-state index contributed by atoms with van der Waals surface area (Å²) in [7, 11) is 1.61. The van der Waals surface area contributed by atoms with Crippen LogP contribution in [0.5, 0.6) is 5.75 Å². The largest absolute Gasteiger partial charge is 0.497 e. The van der Waals surface area contributed by atoms with Gasteiger partial charge < -0.3 is 14.6 Å². The van der Waals surface area contributed by atoms with Crippen molar-refractivity contribution in [3.8, 4) is 5.75 Å². The fraction of sp³-hybridized carbons (Fsp3) is 0.333. The highest BCUT2D eigenvalue weighted by Crippen LogP contribution is 2.16. The number of aromatic nitrogens is 3. The molecule has 8 nitrogen and oxygen atoms in total. The molecule has 0 radical (unpaired) electrons. The van der Waals surface area contributed by atoms with E-state index in [4.69, 9.17) is 15.1 Å². The molecule has 0 aliphatic heterocycles. The number of hydrogen-bond acceptors (Lipinski definition) is 5. The molecular weight excluding hydrogens is 442 g/mol. The number of rotatable bonds is 9. The number of fused-ring (bicyclic) bond motifs is 2. The van der Waals surface area contributed by atoms with E-state index in [2.05, 4.69) is 12.2 Å². The molecule has 1 amide bonds. The fourth-order valence-electron chi connectivity index (χ4n) is 4.19. The standard InChI is InChI=1S/C27H31N5O3/c1-4-5-6-7-14-29-26(33)21-16-22-25(30-24-18(2)9-8-15-31(24)27(22)34)32(23(21)28)17-19-10-12-20(35-3)13-11-19/h8-13,15-16,28H,4-7,14,17H2,1-3H3,(H,29,33). The number of ether oxygens (including phenoxy) is 1. The van der Waals surface area contributed by atoms with Crippen molar-refractivity contribution < 1.29 is 9.53 Å². The molecule has 0 aliphatic rings. The highest BCUT2D eigenvalue weighted by Gasteiger charge is 2.18. The Balaban J connectivity index is 1.85. The molecule has 2 N–H and O–H groups in total. The van der Waals surface area contributed by atoms with E-state index < -0.39 is 0 Å². The number of benzene rings is 1. The molecule has 0 bridgehead atoms. The Hall–Kier alpha value is -3.94. The molecule has 1 aromatic carbocycles. The summed E-state index contributed by atoms with van der Waals surface area (Å²) in [5.41, 5.74) is 2.56. The first kappa shape index (κ1) is 24.2. The second-order valence-electron chi connectivity index (χ2n) is 8.70. The zero-order valence-electron chi connectivity index (χ0n) is 20.4. The topological polar surface area (TPSA) is 101 Å². The van der Waals surface area contributed by atoms with Crippen LogP contribution in [0.15, 0.2) is 53.5 Å². The molecule has 0 atom stereocenters. The van der Waals surface area contributed by atoms with Crippen molar-refractivity contribution in [1.29, 1.82) is 5.41 Å². The Morgan fingerprint density at radius 2 is 1.89 bits per heavy atom. The van der Waals surface area contributed by atoms with Crippen molar-refractivity contribution in [2.24, 2.45) is 0 Å². The Kier molecular flexibility index (Phi) is 7.29. The zero-order chi connectivity index (χ0) is 24.9. The quantitative estimate of drug-likeness (QED) is 0.285.